The van der Waals surface area contributed by atoms with Gasteiger partial charge in [0, 0.05) is 74.9 Å². The van der Waals surface area contributed by atoms with Gasteiger partial charge in [-0.1, -0.05) is 121 Å². The molecule has 0 spiro atoms. The second-order valence-electron chi connectivity index (χ2n) is 16.3. The van der Waals surface area contributed by atoms with Crippen LogP contribution in [0.25, 0.3) is 137 Å². The molecule has 14 rings (SSSR count). The fourth-order valence-electron chi connectivity index (χ4n) is 9.67. The Morgan fingerprint density at radius 1 is 0.344 bits per heavy atom. The van der Waals surface area contributed by atoms with Gasteiger partial charge < -0.3 is 13.4 Å². The Bertz CT molecular complexity index is 4080. The molecule has 0 aliphatic carbocycles. The van der Waals surface area contributed by atoms with E-state index in [4.69, 9.17) is 23.8 Å². The van der Waals surface area contributed by atoms with E-state index in [0.29, 0.717) is 17.5 Å². The lowest BCUT2D eigenvalue weighted by Crippen LogP contribution is -2.02. The second-order valence-corrected chi connectivity index (χ2v) is 17.4. The molecule has 0 bridgehead atoms. The van der Waals surface area contributed by atoms with Crippen LogP contribution in [0.2, 0.25) is 0 Å². The molecule has 0 atom stereocenters. The van der Waals surface area contributed by atoms with Crippen molar-refractivity contribution in [2.24, 2.45) is 0 Å². The molecule has 0 aliphatic heterocycles. The van der Waals surface area contributed by atoms with E-state index in [1.54, 1.807) is 0 Å². The number of nitrogens with zero attached hydrogens (tertiary/aromatic N) is 4. The topological polar surface area (TPSA) is 69.9 Å². The highest BCUT2D eigenvalue weighted by Gasteiger charge is 2.21. The van der Waals surface area contributed by atoms with Crippen LogP contribution in [0.5, 0.6) is 0 Å². The number of para-hydroxylation sites is 3. The molecule has 0 fully saturated rings. The maximum Gasteiger partial charge on any atom is 0.164 e. The molecule has 0 N–H and O–H groups in total. The van der Waals surface area contributed by atoms with E-state index in [9.17, 15) is 0 Å². The Balaban J connectivity index is 1.02. The molecule has 5 aromatic heterocycles. The summed E-state index contributed by atoms with van der Waals surface area (Å²) in [5.74, 6) is 1.64. The molecule has 0 saturated carbocycles. The number of aromatic nitrogens is 4. The quantitative estimate of drug-likeness (QED) is 0.173. The number of hydrogen-bond acceptors (Lipinski definition) is 6. The van der Waals surface area contributed by atoms with Crippen molar-refractivity contribution in [3.8, 4) is 51.0 Å². The Labute approximate surface area is 368 Å². The van der Waals surface area contributed by atoms with E-state index in [1.165, 1.54) is 30.9 Å². The highest BCUT2D eigenvalue weighted by Crippen LogP contribution is 2.44. The summed E-state index contributed by atoms with van der Waals surface area (Å²) in [6.07, 6.45) is 0. The van der Waals surface area contributed by atoms with Gasteiger partial charge in [-0.05, 0) is 83.9 Å². The SMILES string of the molecule is c1ccc(-c2cc(-c3nc(-c4ccc5c(c4)oc4ccccc45)nc(-c4ccc5c(c4)oc4ccccc45)n3)cc(-n3c4ccccc4c4c5sc6ccccc6c5ccc43)c2)cc1. The van der Waals surface area contributed by atoms with Gasteiger partial charge in [-0.2, -0.15) is 0 Å². The highest BCUT2D eigenvalue weighted by atomic mass is 32.1. The summed E-state index contributed by atoms with van der Waals surface area (Å²) < 4.78 is 17.7. The molecule has 9 aromatic carbocycles. The number of benzene rings is 9. The molecule has 14 aromatic rings. The van der Waals surface area contributed by atoms with Crippen LogP contribution in [0.3, 0.4) is 0 Å². The maximum atomic E-state index is 6.37. The Morgan fingerprint density at radius 3 is 1.56 bits per heavy atom. The molecule has 0 amide bonds. The fourth-order valence-corrected chi connectivity index (χ4v) is 10.9. The van der Waals surface area contributed by atoms with Gasteiger partial charge in [0.15, 0.2) is 17.5 Å². The molecule has 0 saturated heterocycles. The first kappa shape index (κ1) is 35.2. The largest absolute Gasteiger partial charge is 0.456 e. The first-order chi connectivity index (χ1) is 31.7. The summed E-state index contributed by atoms with van der Waals surface area (Å²) in [5, 5.41) is 9.27. The van der Waals surface area contributed by atoms with Gasteiger partial charge in [0.1, 0.15) is 22.3 Å². The Hall–Kier alpha value is -8.39. The van der Waals surface area contributed by atoms with E-state index in [-0.39, 0.29) is 0 Å². The van der Waals surface area contributed by atoms with Crippen molar-refractivity contribution in [2.45, 2.75) is 0 Å². The third kappa shape index (κ3) is 5.35. The lowest BCUT2D eigenvalue weighted by molar-refractivity contribution is 0.668. The third-order valence-electron chi connectivity index (χ3n) is 12.6. The zero-order valence-corrected chi connectivity index (χ0v) is 34.8. The average molecular weight is 837 g/mol. The predicted molar refractivity (Wildman–Crippen MR) is 263 cm³/mol. The van der Waals surface area contributed by atoms with E-state index in [0.717, 1.165) is 88.4 Å². The van der Waals surface area contributed by atoms with Gasteiger partial charge in [0.25, 0.3) is 0 Å². The van der Waals surface area contributed by atoms with E-state index in [1.807, 2.05) is 59.9 Å². The van der Waals surface area contributed by atoms with Crippen molar-refractivity contribution in [3.05, 3.63) is 194 Å². The van der Waals surface area contributed by atoms with Crippen molar-refractivity contribution in [1.29, 1.82) is 0 Å². The Kier molecular flexibility index (Phi) is 7.46. The first-order valence-corrected chi connectivity index (χ1v) is 22.1. The number of fused-ring (bicyclic) bond motifs is 13. The van der Waals surface area contributed by atoms with Crippen LogP contribution in [-0.4, -0.2) is 19.5 Å². The predicted octanol–water partition coefficient (Wildman–Crippen LogP) is 15.8. The second kappa shape index (κ2) is 13.6. The van der Waals surface area contributed by atoms with Crippen LogP contribution in [0, 0.1) is 0 Å². The van der Waals surface area contributed by atoms with Crippen molar-refractivity contribution in [2.75, 3.05) is 0 Å². The number of furan rings is 2. The lowest BCUT2D eigenvalue weighted by atomic mass is 10.0. The molecule has 0 aliphatic rings. The molecule has 5 heterocycles. The van der Waals surface area contributed by atoms with Crippen LogP contribution < -0.4 is 0 Å². The van der Waals surface area contributed by atoms with Gasteiger partial charge >= 0.3 is 0 Å². The zero-order valence-electron chi connectivity index (χ0n) is 34.0. The van der Waals surface area contributed by atoms with Gasteiger partial charge in [-0.3, -0.25) is 0 Å². The summed E-state index contributed by atoms with van der Waals surface area (Å²) in [5.41, 5.74) is 11.2. The molecule has 64 heavy (non-hydrogen) atoms. The summed E-state index contributed by atoms with van der Waals surface area (Å²) in [6, 6.07) is 68.0. The summed E-state index contributed by atoms with van der Waals surface area (Å²) in [6.45, 7) is 0. The van der Waals surface area contributed by atoms with Gasteiger partial charge in [-0.15, -0.1) is 11.3 Å². The van der Waals surface area contributed by atoms with Crippen LogP contribution >= 0.6 is 11.3 Å². The van der Waals surface area contributed by atoms with Crippen LogP contribution in [-0.2, 0) is 0 Å². The van der Waals surface area contributed by atoms with Gasteiger partial charge in [-0.25, -0.2) is 15.0 Å². The van der Waals surface area contributed by atoms with Crippen molar-refractivity contribution < 1.29 is 8.83 Å². The monoisotopic (exact) mass is 836 g/mol. The molecule has 6 nitrogen and oxygen atoms in total. The number of hydrogen-bond donors (Lipinski definition) is 0. The summed E-state index contributed by atoms with van der Waals surface area (Å²) in [4.78, 5) is 15.8. The van der Waals surface area contributed by atoms with E-state index in [2.05, 4.69) is 150 Å². The molecule has 0 radical (unpaired) electrons. The molecule has 7 heteroatoms. The van der Waals surface area contributed by atoms with Gasteiger partial charge in [0.2, 0.25) is 0 Å². The third-order valence-corrected chi connectivity index (χ3v) is 13.8. The minimum atomic E-state index is 0.544. The molecular formula is C57H32N4O2S. The summed E-state index contributed by atoms with van der Waals surface area (Å²) >= 11 is 1.86. The van der Waals surface area contributed by atoms with Crippen LogP contribution in [0.1, 0.15) is 0 Å². The van der Waals surface area contributed by atoms with Crippen molar-refractivity contribution in [1.82, 2.24) is 19.5 Å². The smallest absolute Gasteiger partial charge is 0.164 e. The normalized spacial score (nSPS) is 12.1. The Morgan fingerprint density at radius 2 is 0.875 bits per heavy atom. The molecule has 0 unspecified atom stereocenters. The highest BCUT2D eigenvalue weighted by molar-refractivity contribution is 7.26. The maximum absolute atomic E-state index is 6.37. The van der Waals surface area contributed by atoms with Crippen LogP contribution in [0.4, 0.5) is 0 Å². The zero-order chi connectivity index (χ0) is 41.9. The average Bonchev–Trinajstić information content (AvgIpc) is 4.12. The van der Waals surface area contributed by atoms with E-state index >= 15 is 0 Å². The standard InChI is InChI=1S/C57H32N4O2S/c1-2-12-33(13-3-1)36-28-37(30-38(29-36)61-46-18-8-4-17-45(46)53-47(61)27-26-44-43-16-7-11-21-52(43)64-54(44)53)57-59-55(34-22-24-41-39-14-5-9-19-48(39)62-50(41)31-34)58-56(60-57)35-23-25-42-40-15-6-10-20-49(40)63-51(42)32-35/h1-32H. The molecule has 298 valence electrons. The minimum Gasteiger partial charge on any atom is -0.456 e. The minimum absolute atomic E-state index is 0.544. The van der Waals surface area contributed by atoms with E-state index < -0.39 is 0 Å². The van der Waals surface area contributed by atoms with Crippen molar-refractivity contribution in [3.63, 3.8) is 0 Å². The number of rotatable bonds is 5. The van der Waals surface area contributed by atoms with Crippen LogP contribution in [0.15, 0.2) is 203 Å². The van der Waals surface area contributed by atoms with Gasteiger partial charge in [0.05, 0.1) is 11.0 Å². The lowest BCUT2D eigenvalue weighted by Gasteiger charge is -2.14. The molecular weight excluding hydrogens is 805 g/mol. The van der Waals surface area contributed by atoms with Crippen molar-refractivity contribution >= 4 is 97.2 Å². The fraction of sp³-hybridized carbons (Fsp3) is 0. The summed E-state index contributed by atoms with van der Waals surface area (Å²) in [7, 11) is 0. The first-order valence-electron chi connectivity index (χ1n) is 21.3. The number of thiophene rings is 1.